The molecule has 3 aromatic carbocycles. The van der Waals surface area contributed by atoms with Crippen molar-refractivity contribution in [2.75, 3.05) is 0 Å². The van der Waals surface area contributed by atoms with Gasteiger partial charge in [0.25, 0.3) is 11.1 Å². The molecule has 0 unspecified atom stereocenters. The van der Waals surface area contributed by atoms with E-state index in [0.717, 1.165) is 16.9 Å². The molecular weight excluding hydrogens is 540 g/mol. The molecule has 5 rings (SSSR count). The van der Waals surface area contributed by atoms with E-state index in [1.807, 2.05) is 101 Å². The average Bonchev–Trinajstić information content (AvgIpc) is 3.33. The summed E-state index contributed by atoms with van der Waals surface area (Å²) in [5.41, 5.74) is 4.44. The quantitative estimate of drug-likeness (QED) is 0.259. The number of hydrogen-bond acceptors (Lipinski definition) is 5. The van der Waals surface area contributed by atoms with Gasteiger partial charge >= 0.3 is 0 Å². The van der Waals surface area contributed by atoms with Gasteiger partial charge in [-0.1, -0.05) is 57.2 Å². The van der Waals surface area contributed by atoms with Crippen LogP contribution in [0.25, 0.3) is 11.4 Å². The Hall–Kier alpha value is -5.18. The summed E-state index contributed by atoms with van der Waals surface area (Å²) in [6.45, 7) is 9.88. The topological polar surface area (TPSA) is 98.8 Å². The van der Waals surface area contributed by atoms with Gasteiger partial charge in [-0.2, -0.15) is 0 Å². The maximum atomic E-state index is 13.4. The van der Waals surface area contributed by atoms with Crippen molar-refractivity contribution in [3.05, 3.63) is 122 Å². The van der Waals surface area contributed by atoms with Crippen LogP contribution in [0.5, 0.6) is 5.75 Å². The minimum Gasteiger partial charge on any atom is -0.507 e. The lowest BCUT2D eigenvalue weighted by molar-refractivity contribution is 0.472. The van der Waals surface area contributed by atoms with Gasteiger partial charge in [0.05, 0.1) is 22.8 Å². The summed E-state index contributed by atoms with van der Waals surface area (Å²) in [5, 5.41) is 11.3. The Bertz CT molecular complexity index is 1850. The Kier molecular flexibility index (Phi) is 7.67. The van der Waals surface area contributed by atoms with Crippen molar-refractivity contribution in [3.8, 4) is 17.1 Å². The molecule has 2 aromatic heterocycles. The van der Waals surface area contributed by atoms with Gasteiger partial charge in [-0.25, -0.2) is 19.3 Å². The number of benzene rings is 3. The number of aliphatic imine (C=N–C) groups is 2. The monoisotopic (exact) mass is 576 g/mol. The van der Waals surface area contributed by atoms with E-state index < -0.39 is 0 Å². The highest BCUT2D eigenvalue weighted by Crippen LogP contribution is 2.31. The SMILES string of the molecule is Cc1c(N=Cc2cc(C(C)(C)C)cc(C=Nc3c(C)n(C)n(-c4ccccc4)c3=O)c2O)c(=O)n(-c2ccccc2)n1C. The molecule has 0 aliphatic heterocycles. The molecular formula is C34H36N6O3. The van der Waals surface area contributed by atoms with E-state index in [1.165, 1.54) is 12.4 Å². The fourth-order valence-corrected chi connectivity index (χ4v) is 4.98. The second kappa shape index (κ2) is 11.2. The maximum Gasteiger partial charge on any atom is 0.297 e. The highest BCUT2D eigenvalue weighted by atomic mass is 16.3. The zero-order chi connectivity index (χ0) is 31.1. The normalized spacial score (nSPS) is 12.2. The van der Waals surface area contributed by atoms with Crippen LogP contribution >= 0.6 is 0 Å². The molecule has 43 heavy (non-hydrogen) atoms. The first-order valence-corrected chi connectivity index (χ1v) is 14.0. The molecule has 2 heterocycles. The predicted octanol–water partition coefficient (Wildman–Crippen LogP) is 5.79. The van der Waals surface area contributed by atoms with Crippen LogP contribution < -0.4 is 11.1 Å². The van der Waals surface area contributed by atoms with E-state index in [2.05, 4.69) is 30.8 Å². The fourth-order valence-electron chi connectivity index (χ4n) is 4.98. The minimum absolute atomic E-state index is 0.0468. The number of hydrogen-bond donors (Lipinski definition) is 1. The first-order valence-electron chi connectivity index (χ1n) is 14.0. The minimum atomic E-state index is -0.260. The fraction of sp³-hybridized carbons (Fsp3) is 0.235. The maximum absolute atomic E-state index is 13.4. The molecule has 0 aliphatic carbocycles. The first-order chi connectivity index (χ1) is 20.4. The van der Waals surface area contributed by atoms with E-state index in [9.17, 15) is 14.7 Å². The summed E-state index contributed by atoms with van der Waals surface area (Å²) in [4.78, 5) is 35.9. The highest BCUT2D eigenvalue weighted by Gasteiger charge is 2.20. The van der Waals surface area contributed by atoms with Gasteiger partial charge in [-0.05, 0) is 61.2 Å². The zero-order valence-electron chi connectivity index (χ0n) is 25.5. The van der Waals surface area contributed by atoms with Crippen molar-refractivity contribution < 1.29 is 5.11 Å². The number of aromatic hydroxyl groups is 1. The molecule has 0 atom stereocenters. The molecule has 0 fully saturated rings. The van der Waals surface area contributed by atoms with Crippen LogP contribution in [0.3, 0.4) is 0 Å². The molecule has 0 spiro atoms. The number of aromatic nitrogens is 4. The second-order valence-corrected chi connectivity index (χ2v) is 11.6. The lowest BCUT2D eigenvalue weighted by atomic mass is 9.85. The van der Waals surface area contributed by atoms with Crippen LogP contribution in [0.2, 0.25) is 0 Å². The molecule has 0 aliphatic rings. The van der Waals surface area contributed by atoms with Gasteiger partial charge < -0.3 is 5.11 Å². The summed E-state index contributed by atoms with van der Waals surface area (Å²) in [5.74, 6) is -0.0468. The van der Waals surface area contributed by atoms with Crippen LogP contribution in [0, 0.1) is 13.8 Å². The average molecular weight is 577 g/mol. The molecule has 0 bridgehead atoms. The van der Waals surface area contributed by atoms with Gasteiger partial charge in [-0.15, -0.1) is 0 Å². The first kappa shape index (κ1) is 29.3. The van der Waals surface area contributed by atoms with Crippen molar-refractivity contribution in [1.82, 2.24) is 18.7 Å². The van der Waals surface area contributed by atoms with Crippen molar-refractivity contribution in [1.29, 1.82) is 0 Å². The third kappa shape index (κ3) is 5.41. The zero-order valence-corrected chi connectivity index (χ0v) is 25.5. The van der Waals surface area contributed by atoms with Gasteiger partial charge in [0.15, 0.2) is 11.4 Å². The number of phenols is 1. The lowest BCUT2D eigenvalue weighted by Gasteiger charge is -2.21. The number of para-hydroxylation sites is 2. The molecule has 5 aromatic rings. The predicted molar refractivity (Wildman–Crippen MR) is 173 cm³/mol. The number of nitrogens with zero attached hydrogens (tertiary/aromatic N) is 6. The van der Waals surface area contributed by atoms with Crippen LogP contribution in [-0.4, -0.2) is 36.3 Å². The molecule has 0 saturated carbocycles. The molecule has 1 N–H and O–H groups in total. The van der Waals surface area contributed by atoms with Crippen LogP contribution in [0.15, 0.2) is 92.4 Å². The molecule has 0 saturated heterocycles. The summed E-state index contributed by atoms with van der Waals surface area (Å²) in [7, 11) is 3.62. The summed E-state index contributed by atoms with van der Waals surface area (Å²) in [6.07, 6.45) is 3.02. The molecule has 9 heteroatoms. The molecule has 0 amide bonds. The third-order valence-electron chi connectivity index (χ3n) is 7.75. The van der Waals surface area contributed by atoms with Crippen LogP contribution in [0.1, 0.15) is 48.8 Å². The van der Waals surface area contributed by atoms with Crippen LogP contribution in [0.4, 0.5) is 11.4 Å². The lowest BCUT2D eigenvalue weighted by Crippen LogP contribution is -2.19. The van der Waals surface area contributed by atoms with Crippen molar-refractivity contribution >= 4 is 23.8 Å². The largest absolute Gasteiger partial charge is 0.507 e. The van der Waals surface area contributed by atoms with E-state index in [4.69, 9.17) is 0 Å². The van der Waals surface area contributed by atoms with Gasteiger partial charge in [0.1, 0.15) is 5.75 Å². The second-order valence-electron chi connectivity index (χ2n) is 11.6. The molecule has 9 nitrogen and oxygen atoms in total. The van der Waals surface area contributed by atoms with E-state index >= 15 is 0 Å². The van der Waals surface area contributed by atoms with Crippen LogP contribution in [-0.2, 0) is 19.5 Å². The third-order valence-corrected chi connectivity index (χ3v) is 7.75. The summed E-state index contributed by atoms with van der Waals surface area (Å²) in [6, 6.07) is 22.5. The Morgan fingerprint density at radius 1 is 0.674 bits per heavy atom. The highest BCUT2D eigenvalue weighted by molar-refractivity contribution is 5.94. The number of rotatable bonds is 6. The summed E-state index contributed by atoms with van der Waals surface area (Å²) < 4.78 is 6.66. The van der Waals surface area contributed by atoms with E-state index in [0.29, 0.717) is 22.5 Å². The Balaban J connectivity index is 1.58. The summed E-state index contributed by atoms with van der Waals surface area (Å²) >= 11 is 0. The van der Waals surface area contributed by atoms with Crippen molar-refractivity contribution in [3.63, 3.8) is 0 Å². The Morgan fingerprint density at radius 2 is 1.05 bits per heavy atom. The van der Waals surface area contributed by atoms with E-state index in [-0.39, 0.29) is 33.7 Å². The molecule has 220 valence electrons. The standard InChI is InChI=1S/C34H36N6O3/c1-22-29(32(42)39(37(22)6)27-14-10-8-11-15-27)35-20-24-18-26(34(3,4)5)19-25(31(24)41)21-36-30-23(2)38(7)40(33(30)43)28-16-12-9-13-17-28/h8-21,41H,1-7H3. The Morgan fingerprint density at radius 3 is 1.40 bits per heavy atom. The van der Waals surface area contributed by atoms with Crippen molar-refractivity contribution in [2.24, 2.45) is 24.1 Å². The number of phenolic OH excluding ortho intramolecular Hbond substituents is 1. The Labute approximate surface area is 250 Å². The van der Waals surface area contributed by atoms with Gasteiger partial charge in [0, 0.05) is 37.7 Å². The van der Waals surface area contributed by atoms with Gasteiger partial charge in [0.2, 0.25) is 0 Å². The van der Waals surface area contributed by atoms with Crippen molar-refractivity contribution in [2.45, 2.75) is 40.0 Å². The van der Waals surface area contributed by atoms with E-state index in [1.54, 1.807) is 18.7 Å². The smallest absolute Gasteiger partial charge is 0.297 e. The van der Waals surface area contributed by atoms with Gasteiger partial charge in [-0.3, -0.25) is 19.0 Å². The molecule has 0 radical (unpaired) electrons.